The van der Waals surface area contributed by atoms with E-state index in [9.17, 15) is 4.79 Å². The highest BCUT2D eigenvalue weighted by atomic mass is 35.5. The zero-order valence-corrected chi connectivity index (χ0v) is 14.3. The van der Waals surface area contributed by atoms with Crippen molar-refractivity contribution in [3.63, 3.8) is 0 Å². The number of benzene rings is 1. The number of rotatable bonds is 5. The third-order valence-corrected chi connectivity index (χ3v) is 6.14. The van der Waals surface area contributed by atoms with Crippen molar-refractivity contribution in [2.45, 2.75) is 44.9 Å². The van der Waals surface area contributed by atoms with Crippen molar-refractivity contribution < 1.29 is 9.53 Å². The Morgan fingerprint density at radius 2 is 1.65 bits per heavy atom. The summed E-state index contributed by atoms with van der Waals surface area (Å²) in [5.74, 6) is 3.60. The molecule has 0 heterocycles. The van der Waals surface area contributed by atoms with Crippen molar-refractivity contribution in [2.75, 3.05) is 12.3 Å². The molecule has 0 atom stereocenters. The molecule has 0 spiro atoms. The maximum Gasteiger partial charge on any atom is 0.142 e. The van der Waals surface area contributed by atoms with Crippen molar-refractivity contribution in [1.82, 2.24) is 0 Å². The number of carbonyl (C=O) groups excluding carboxylic acids is 1. The third-order valence-electron chi connectivity index (χ3n) is 6.14. The largest absolute Gasteiger partial charge is 0.491 e. The second-order valence-electron chi connectivity index (χ2n) is 7.76. The number of anilines is 1. The molecule has 0 amide bonds. The van der Waals surface area contributed by atoms with E-state index < -0.39 is 0 Å². The fourth-order valence-electron chi connectivity index (χ4n) is 5.58. The minimum Gasteiger partial charge on any atom is -0.491 e. The lowest BCUT2D eigenvalue weighted by molar-refractivity contribution is -0.144. The van der Waals surface area contributed by atoms with Gasteiger partial charge in [0, 0.05) is 11.8 Å². The maximum atomic E-state index is 12.9. The highest BCUT2D eigenvalue weighted by Crippen LogP contribution is 2.60. The normalized spacial score (nSPS) is 34.0. The van der Waals surface area contributed by atoms with Crippen LogP contribution in [-0.4, -0.2) is 12.4 Å². The second kappa shape index (κ2) is 6.35. The topological polar surface area (TPSA) is 52.3 Å². The number of hydrogen-bond donors (Lipinski definition) is 1. The fourth-order valence-corrected chi connectivity index (χ4v) is 5.58. The number of nitrogens with two attached hydrogens (primary N) is 1. The van der Waals surface area contributed by atoms with Gasteiger partial charge in [-0.2, -0.15) is 0 Å². The van der Waals surface area contributed by atoms with E-state index in [1.165, 1.54) is 19.3 Å². The van der Waals surface area contributed by atoms with E-state index in [0.717, 1.165) is 37.0 Å². The number of carbonyl (C=O) groups is 1. The zero-order chi connectivity index (χ0) is 15.2. The molecule has 4 aliphatic rings. The Morgan fingerprint density at radius 1 is 1.09 bits per heavy atom. The summed E-state index contributed by atoms with van der Waals surface area (Å²) in [4.78, 5) is 12.9. The SMILES string of the molecule is Cl.Nc1ccccc1OCCC(=O)C12CC3CC(CC(C3)C1)C2. The molecular weight excluding hydrogens is 310 g/mol. The van der Waals surface area contributed by atoms with Gasteiger partial charge in [-0.15, -0.1) is 12.4 Å². The minimum absolute atomic E-state index is 0. The standard InChI is InChI=1S/C19H25NO2.ClH/c20-16-3-1-2-4-17(16)22-6-5-18(21)19-10-13-7-14(11-19)9-15(8-13)12-19;/h1-4,13-15H,5-12,20H2;1H. The Bertz CT molecular complexity index is 551. The molecule has 4 bridgehead atoms. The van der Waals surface area contributed by atoms with Crippen LogP contribution in [0.15, 0.2) is 24.3 Å². The van der Waals surface area contributed by atoms with E-state index in [2.05, 4.69) is 0 Å². The van der Waals surface area contributed by atoms with Gasteiger partial charge in [0.1, 0.15) is 11.5 Å². The Balaban J connectivity index is 0.00000156. The van der Waals surface area contributed by atoms with E-state index in [4.69, 9.17) is 10.5 Å². The van der Waals surface area contributed by atoms with Crippen LogP contribution < -0.4 is 10.5 Å². The molecule has 0 radical (unpaired) electrons. The molecule has 0 unspecified atom stereocenters. The van der Waals surface area contributed by atoms with Crippen molar-refractivity contribution in [1.29, 1.82) is 0 Å². The van der Waals surface area contributed by atoms with Crippen LogP contribution in [0.5, 0.6) is 5.75 Å². The fraction of sp³-hybridized carbons (Fsp3) is 0.632. The molecule has 2 N–H and O–H groups in total. The first-order chi connectivity index (χ1) is 10.6. The van der Waals surface area contributed by atoms with Gasteiger partial charge in [-0.05, 0) is 68.4 Å². The molecule has 5 rings (SSSR count). The van der Waals surface area contributed by atoms with Crippen LogP contribution in [-0.2, 0) is 4.79 Å². The average molecular weight is 336 g/mol. The number of ketones is 1. The van der Waals surface area contributed by atoms with E-state index >= 15 is 0 Å². The Hall–Kier alpha value is -1.22. The highest BCUT2D eigenvalue weighted by Gasteiger charge is 2.53. The Morgan fingerprint density at radius 3 is 2.22 bits per heavy atom. The van der Waals surface area contributed by atoms with Crippen LogP contribution in [0.4, 0.5) is 5.69 Å². The van der Waals surface area contributed by atoms with Gasteiger partial charge in [-0.3, -0.25) is 4.79 Å². The summed E-state index contributed by atoms with van der Waals surface area (Å²) < 4.78 is 5.72. The summed E-state index contributed by atoms with van der Waals surface area (Å²) in [5.41, 5.74) is 6.52. The summed E-state index contributed by atoms with van der Waals surface area (Å²) in [6, 6.07) is 7.50. The number of para-hydroxylation sites is 2. The molecule has 126 valence electrons. The van der Waals surface area contributed by atoms with Gasteiger partial charge in [-0.1, -0.05) is 12.1 Å². The highest BCUT2D eigenvalue weighted by molar-refractivity contribution is 5.85. The number of halogens is 1. The van der Waals surface area contributed by atoms with E-state index in [1.807, 2.05) is 24.3 Å². The monoisotopic (exact) mass is 335 g/mol. The summed E-state index contributed by atoms with van der Waals surface area (Å²) in [6.45, 7) is 0.453. The minimum atomic E-state index is 0. The van der Waals surface area contributed by atoms with Crippen LogP contribution in [0.3, 0.4) is 0 Å². The van der Waals surface area contributed by atoms with Crippen molar-refractivity contribution in [3.8, 4) is 5.75 Å². The third kappa shape index (κ3) is 3.08. The molecule has 4 aliphatic carbocycles. The molecule has 1 aromatic carbocycles. The zero-order valence-electron chi connectivity index (χ0n) is 13.5. The van der Waals surface area contributed by atoms with Crippen molar-refractivity contribution in [2.24, 2.45) is 23.2 Å². The number of Topliss-reactive ketones (excluding diaryl/α,β-unsaturated/α-hetero) is 1. The van der Waals surface area contributed by atoms with Crippen LogP contribution in [0, 0.1) is 23.2 Å². The molecule has 1 aromatic rings. The quantitative estimate of drug-likeness (QED) is 0.818. The Labute approximate surface area is 144 Å². The van der Waals surface area contributed by atoms with Gasteiger partial charge >= 0.3 is 0 Å². The predicted molar refractivity (Wildman–Crippen MR) is 93.8 cm³/mol. The lowest BCUT2D eigenvalue weighted by Gasteiger charge is -2.56. The summed E-state index contributed by atoms with van der Waals surface area (Å²) >= 11 is 0. The van der Waals surface area contributed by atoms with Crippen molar-refractivity contribution >= 4 is 23.9 Å². The molecule has 0 aliphatic heterocycles. The number of hydrogen-bond acceptors (Lipinski definition) is 3. The summed E-state index contributed by atoms with van der Waals surface area (Å²) in [5, 5.41) is 0. The van der Waals surface area contributed by atoms with E-state index in [-0.39, 0.29) is 17.8 Å². The number of ether oxygens (including phenoxy) is 1. The molecule has 23 heavy (non-hydrogen) atoms. The van der Waals surface area contributed by atoms with Crippen molar-refractivity contribution in [3.05, 3.63) is 24.3 Å². The molecule has 0 aromatic heterocycles. The van der Waals surface area contributed by atoms with Crippen LogP contribution in [0.2, 0.25) is 0 Å². The molecule has 4 saturated carbocycles. The second-order valence-corrected chi connectivity index (χ2v) is 7.76. The predicted octanol–water partition coefficient (Wildman–Crippen LogP) is 4.25. The molecule has 3 nitrogen and oxygen atoms in total. The smallest absolute Gasteiger partial charge is 0.142 e. The van der Waals surface area contributed by atoms with Gasteiger partial charge < -0.3 is 10.5 Å². The van der Waals surface area contributed by atoms with Gasteiger partial charge in [0.25, 0.3) is 0 Å². The van der Waals surface area contributed by atoms with Gasteiger partial charge in [0.05, 0.1) is 12.3 Å². The first-order valence-electron chi connectivity index (χ1n) is 8.65. The molecule has 0 saturated heterocycles. The molecule has 4 heteroatoms. The summed E-state index contributed by atoms with van der Waals surface area (Å²) in [6.07, 6.45) is 8.10. The Kier molecular flexibility index (Phi) is 4.59. The van der Waals surface area contributed by atoms with Gasteiger partial charge in [0.2, 0.25) is 0 Å². The van der Waals surface area contributed by atoms with Crippen LogP contribution in [0.25, 0.3) is 0 Å². The van der Waals surface area contributed by atoms with Gasteiger partial charge in [-0.25, -0.2) is 0 Å². The first-order valence-corrected chi connectivity index (χ1v) is 8.65. The van der Waals surface area contributed by atoms with Crippen LogP contribution in [0.1, 0.15) is 44.9 Å². The van der Waals surface area contributed by atoms with E-state index in [1.54, 1.807) is 0 Å². The van der Waals surface area contributed by atoms with Crippen LogP contribution >= 0.6 is 12.4 Å². The first kappa shape index (κ1) is 16.6. The van der Waals surface area contributed by atoms with E-state index in [0.29, 0.717) is 30.2 Å². The molecule has 4 fully saturated rings. The molecular formula is C19H26ClNO2. The maximum absolute atomic E-state index is 12.9. The average Bonchev–Trinajstić information content (AvgIpc) is 2.47. The number of nitrogen functional groups attached to an aromatic ring is 1. The lowest BCUT2D eigenvalue weighted by Crippen LogP contribution is -2.50. The summed E-state index contributed by atoms with van der Waals surface area (Å²) in [7, 11) is 0. The lowest BCUT2D eigenvalue weighted by atomic mass is 9.48. The van der Waals surface area contributed by atoms with Gasteiger partial charge in [0.15, 0.2) is 0 Å².